The van der Waals surface area contributed by atoms with E-state index in [-0.39, 0.29) is 6.61 Å². The van der Waals surface area contributed by atoms with Gasteiger partial charge >= 0.3 is 6.09 Å². The van der Waals surface area contributed by atoms with Gasteiger partial charge in [0.1, 0.15) is 5.60 Å². The Morgan fingerprint density at radius 3 is 2.71 bits per heavy atom. The van der Waals surface area contributed by atoms with E-state index in [1.807, 2.05) is 32.5 Å². The third-order valence-corrected chi connectivity index (χ3v) is 3.81. The Labute approximate surface area is 107 Å². The van der Waals surface area contributed by atoms with Gasteiger partial charge in [-0.05, 0) is 51.5 Å². The zero-order valence-electron chi connectivity index (χ0n) is 10.9. The van der Waals surface area contributed by atoms with Crippen molar-refractivity contribution in [2.45, 2.75) is 51.2 Å². The van der Waals surface area contributed by atoms with Crippen LogP contribution in [0.15, 0.2) is 0 Å². The minimum absolute atomic E-state index is 0.0210. The van der Waals surface area contributed by atoms with Crippen molar-refractivity contribution >= 4 is 17.9 Å². The van der Waals surface area contributed by atoms with Gasteiger partial charge in [0.15, 0.2) is 0 Å². The molecule has 1 aliphatic heterocycles. The molecule has 0 aromatic rings. The fourth-order valence-corrected chi connectivity index (χ4v) is 2.94. The summed E-state index contributed by atoms with van der Waals surface area (Å²) in [5.41, 5.74) is -0.994. The molecular formula is C12H23NO3S. The largest absolute Gasteiger partial charge is 0.444 e. The first-order valence-electron chi connectivity index (χ1n) is 6.07. The number of nitrogens with one attached hydrogen (secondary N) is 1. The Hall–Kier alpha value is -0.420. The van der Waals surface area contributed by atoms with Crippen LogP contribution in [0.2, 0.25) is 0 Å². The molecule has 1 aliphatic rings. The summed E-state index contributed by atoms with van der Waals surface area (Å²) in [6.07, 6.45) is 2.20. The van der Waals surface area contributed by atoms with E-state index in [1.165, 1.54) is 0 Å². The molecule has 0 aromatic heterocycles. The number of hydrogen-bond donors (Lipinski definition) is 2. The van der Waals surface area contributed by atoms with E-state index in [9.17, 15) is 9.90 Å². The van der Waals surface area contributed by atoms with Crippen molar-refractivity contribution in [3.8, 4) is 0 Å². The number of carbonyl (C=O) groups excluding carboxylic acids is 1. The number of hydrogen-bond acceptors (Lipinski definition) is 4. The summed E-state index contributed by atoms with van der Waals surface area (Å²) in [4.78, 5) is 11.8. The number of alkyl carbamates (subject to hydrolysis) is 1. The average Bonchev–Trinajstić information content (AvgIpc) is 2.41. The lowest BCUT2D eigenvalue weighted by Crippen LogP contribution is -2.52. The Balaban J connectivity index is 2.58. The second-order valence-corrected chi connectivity index (χ2v) is 6.76. The summed E-state index contributed by atoms with van der Waals surface area (Å²) < 4.78 is 5.24. The molecule has 5 heteroatoms. The third kappa shape index (κ3) is 5.17. The number of thioether (sulfide) groups is 1. The summed E-state index contributed by atoms with van der Waals surface area (Å²) in [6, 6.07) is 0. The Morgan fingerprint density at radius 2 is 2.12 bits per heavy atom. The molecule has 1 saturated heterocycles. The summed E-state index contributed by atoms with van der Waals surface area (Å²) in [7, 11) is 0. The predicted molar refractivity (Wildman–Crippen MR) is 70.4 cm³/mol. The molecule has 1 amide bonds. The van der Waals surface area contributed by atoms with Gasteiger partial charge < -0.3 is 15.2 Å². The molecule has 0 radical (unpaired) electrons. The maximum Gasteiger partial charge on any atom is 0.408 e. The molecule has 1 rings (SSSR count). The molecule has 4 nitrogen and oxygen atoms in total. The third-order valence-electron chi connectivity index (χ3n) is 2.74. The summed E-state index contributed by atoms with van der Waals surface area (Å²) in [5.74, 6) is 2.06. The molecule has 0 aliphatic carbocycles. The van der Waals surface area contributed by atoms with E-state index in [2.05, 4.69) is 5.32 Å². The maximum absolute atomic E-state index is 11.8. The fraction of sp³-hybridized carbons (Fsp3) is 0.917. The standard InChI is InChI=1S/C12H23NO3S/c1-11(2,3)16-10(15)13-12(9-14)5-4-7-17-8-6-12/h14H,4-9H2,1-3H3,(H,13,15). The zero-order chi connectivity index (χ0) is 12.9. The van der Waals surface area contributed by atoms with E-state index < -0.39 is 17.2 Å². The van der Waals surface area contributed by atoms with E-state index in [0.717, 1.165) is 30.8 Å². The molecule has 0 saturated carbocycles. The minimum atomic E-state index is -0.500. The van der Waals surface area contributed by atoms with Crippen LogP contribution in [0, 0.1) is 0 Å². The SMILES string of the molecule is CC(C)(C)OC(=O)NC1(CO)CCCSCC1. The molecule has 1 atom stereocenters. The van der Waals surface area contributed by atoms with Gasteiger partial charge in [-0.15, -0.1) is 0 Å². The topological polar surface area (TPSA) is 58.6 Å². The lowest BCUT2D eigenvalue weighted by molar-refractivity contribution is 0.0383. The molecule has 0 aromatic carbocycles. The highest BCUT2D eigenvalue weighted by atomic mass is 32.2. The Morgan fingerprint density at radius 1 is 1.41 bits per heavy atom. The van der Waals surface area contributed by atoms with Gasteiger partial charge in [-0.1, -0.05) is 0 Å². The summed E-state index contributed by atoms with van der Waals surface area (Å²) >= 11 is 1.87. The predicted octanol–water partition coefficient (Wildman–Crippen LogP) is 2.16. The van der Waals surface area contributed by atoms with Gasteiger partial charge in [0.25, 0.3) is 0 Å². The van der Waals surface area contributed by atoms with Gasteiger partial charge in [-0.2, -0.15) is 11.8 Å². The Kier molecular flexibility index (Phi) is 5.13. The molecule has 0 bridgehead atoms. The number of rotatable bonds is 2. The van der Waals surface area contributed by atoms with Gasteiger partial charge in [-0.25, -0.2) is 4.79 Å². The number of amides is 1. The molecular weight excluding hydrogens is 238 g/mol. The fourth-order valence-electron chi connectivity index (χ4n) is 1.85. The number of aliphatic hydroxyl groups is 1. The van der Waals surface area contributed by atoms with Gasteiger partial charge in [0, 0.05) is 0 Å². The van der Waals surface area contributed by atoms with E-state index in [0.29, 0.717) is 0 Å². The molecule has 1 heterocycles. The van der Waals surface area contributed by atoms with E-state index in [4.69, 9.17) is 4.74 Å². The van der Waals surface area contributed by atoms with Crippen LogP contribution in [0.4, 0.5) is 4.79 Å². The highest BCUT2D eigenvalue weighted by Gasteiger charge is 2.33. The van der Waals surface area contributed by atoms with Crippen molar-refractivity contribution in [2.75, 3.05) is 18.1 Å². The van der Waals surface area contributed by atoms with Crippen molar-refractivity contribution in [3.05, 3.63) is 0 Å². The first-order valence-corrected chi connectivity index (χ1v) is 7.22. The van der Waals surface area contributed by atoms with Crippen LogP contribution >= 0.6 is 11.8 Å². The van der Waals surface area contributed by atoms with E-state index in [1.54, 1.807) is 0 Å². The van der Waals surface area contributed by atoms with Crippen molar-refractivity contribution in [3.63, 3.8) is 0 Å². The molecule has 2 N–H and O–H groups in total. The van der Waals surface area contributed by atoms with E-state index >= 15 is 0 Å². The van der Waals surface area contributed by atoms with Crippen molar-refractivity contribution in [1.82, 2.24) is 5.32 Å². The van der Waals surface area contributed by atoms with Gasteiger partial charge in [-0.3, -0.25) is 0 Å². The quantitative estimate of drug-likeness (QED) is 0.799. The Bertz CT molecular complexity index is 255. The van der Waals surface area contributed by atoms with Gasteiger partial charge in [0.2, 0.25) is 0 Å². The first-order chi connectivity index (χ1) is 7.87. The lowest BCUT2D eigenvalue weighted by atomic mass is 9.92. The van der Waals surface area contributed by atoms with Crippen LogP contribution < -0.4 is 5.32 Å². The first kappa shape index (κ1) is 14.6. The van der Waals surface area contributed by atoms with Crippen molar-refractivity contribution in [2.24, 2.45) is 0 Å². The average molecular weight is 261 g/mol. The molecule has 1 fully saturated rings. The maximum atomic E-state index is 11.8. The van der Waals surface area contributed by atoms with Crippen LogP contribution in [0.5, 0.6) is 0 Å². The van der Waals surface area contributed by atoms with Crippen LogP contribution in [-0.4, -0.2) is 40.5 Å². The lowest BCUT2D eigenvalue weighted by Gasteiger charge is -2.32. The normalized spacial score (nSPS) is 26.1. The molecule has 17 heavy (non-hydrogen) atoms. The minimum Gasteiger partial charge on any atom is -0.444 e. The number of carbonyl (C=O) groups is 1. The van der Waals surface area contributed by atoms with Crippen LogP contribution in [0.3, 0.4) is 0 Å². The van der Waals surface area contributed by atoms with Crippen molar-refractivity contribution in [1.29, 1.82) is 0 Å². The van der Waals surface area contributed by atoms with Crippen LogP contribution in [0.25, 0.3) is 0 Å². The molecule has 1 unspecified atom stereocenters. The zero-order valence-corrected chi connectivity index (χ0v) is 11.7. The van der Waals surface area contributed by atoms with Crippen molar-refractivity contribution < 1.29 is 14.6 Å². The highest BCUT2D eigenvalue weighted by Crippen LogP contribution is 2.26. The molecule has 100 valence electrons. The summed E-state index contributed by atoms with van der Waals surface area (Å²) in [5, 5.41) is 12.4. The number of aliphatic hydroxyl groups excluding tert-OH is 1. The highest BCUT2D eigenvalue weighted by molar-refractivity contribution is 7.99. The molecule has 0 spiro atoms. The number of ether oxygens (including phenoxy) is 1. The smallest absolute Gasteiger partial charge is 0.408 e. The van der Waals surface area contributed by atoms with Gasteiger partial charge in [0.05, 0.1) is 12.1 Å². The second-order valence-electron chi connectivity index (χ2n) is 5.53. The second kappa shape index (κ2) is 5.96. The van der Waals surface area contributed by atoms with Crippen LogP contribution in [-0.2, 0) is 4.74 Å². The summed E-state index contributed by atoms with van der Waals surface area (Å²) in [6.45, 7) is 5.48. The van der Waals surface area contributed by atoms with Crippen LogP contribution in [0.1, 0.15) is 40.0 Å². The monoisotopic (exact) mass is 261 g/mol.